The number of aromatic nitrogens is 1. The first kappa shape index (κ1) is 17.4. The van der Waals surface area contributed by atoms with Gasteiger partial charge in [-0.1, -0.05) is 20.3 Å². The number of rotatable bonds is 6. The van der Waals surface area contributed by atoms with E-state index < -0.39 is 30.2 Å². The fourth-order valence-corrected chi connectivity index (χ4v) is 2.30. The standard InChI is InChI=1S/C14H17F4NO2/c1-4-6-8-7(5-2)10(12(15)16)19-11(13(17)18)9(8)14(20)21-3/h12-13H,4-6H2,1-3H3. The highest BCUT2D eigenvalue weighted by atomic mass is 19.3. The SMILES string of the molecule is CCCc1c(CC)c(C(F)F)nc(C(F)F)c1C(=O)OC. The summed E-state index contributed by atoms with van der Waals surface area (Å²) in [5.41, 5.74) is -1.65. The summed E-state index contributed by atoms with van der Waals surface area (Å²) in [4.78, 5) is 15.2. The molecule has 0 saturated heterocycles. The molecule has 0 fully saturated rings. The van der Waals surface area contributed by atoms with Crippen LogP contribution >= 0.6 is 0 Å². The Kier molecular flexibility index (Phi) is 6.11. The fraction of sp³-hybridized carbons (Fsp3) is 0.571. The van der Waals surface area contributed by atoms with E-state index in [9.17, 15) is 22.4 Å². The van der Waals surface area contributed by atoms with Crippen molar-refractivity contribution in [3.63, 3.8) is 0 Å². The van der Waals surface area contributed by atoms with Crippen LogP contribution in [0.1, 0.15) is 66.0 Å². The quantitative estimate of drug-likeness (QED) is 0.582. The molecule has 0 amide bonds. The summed E-state index contributed by atoms with van der Waals surface area (Å²) < 4.78 is 56.9. The maximum absolute atomic E-state index is 13.1. The minimum Gasteiger partial charge on any atom is -0.465 e. The highest BCUT2D eigenvalue weighted by Crippen LogP contribution is 2.33. The Morgan fingerprint density at radius 2 is 1.67 bits per heavy atom. The summed E-state index contributed by atoms with van der Waals surface area (Å²) in [6.07, 6.45) is -5.17. The summed E-state index contributed by atoms with van der Waals surface area (Å²) in [7, 11) is 1.06. The van der Waals surface area contributed by atoms with Crippen LogP contribution in [0.15, 0.2) is 0 Å². The lowest BCUT2D eigenvalue weighted by molar-refractivity contribution is 0.0583. The van der Waals surface area contributed by atoms with Crippen molar-refractivity contribution < 1.29 is 27.1 Å². The molecular formula is C14H17F4NO2. The summed E-state index contributed by atoms with van der Waals surface area (Å²) >= 11 is 0. The highest BCUT2D eigenvalue weighted by Gasteiger charge is 2.30. The van der Waals surface area contributed by atoms with Crippen molar-refractivity contribution in [3.8, 4) is 0 Å². The van der Waals surface area contributed by atoms with Crippen molar-refractivity contribution in [2.24, 2.45) is 0 Å². The predicted octanol–water partition coefficient (Wildman–Crippen LogP) is 4.26. The number of alkyl halides is 4. The molecule has 0 aliphatic heterocycles. The number of pyridine rings is 1. The lowest BCUT2D eigenvalue weighted by Crippen LogP contribution is -2.17. The van der Waals surface area contributed by atoms with Gasteiger partial charge < -0.3 is 4.74 Å². The number of halogens is 4. The van der Waals surface area contributed by atoms with Crippen molar-refractivity contribution in [3.05, 3.63) is 28.1 Å². The summed E-state index contributed by atoms with van der Waals surface area (Å²) in [5, 5.41) is 0. The molecule has 0 aliphatic rings. The highest BCUT2D eigenvalue weighted by molar-refractivity contribution is 5.93. The Balaban J connectivity index is 3.76. The average Bonchev–Trinajstić information content (AvgIpc) is 2.45. The van der Waals surface area contributed by atoms with Gasteiger partial charge in [0.1, 0.15) is 11.4 Å². The molecular weight excluding hydrogens is 290 g/mol. The van der Waals surface area contributed by atoms with Crippen LogP contribution in [0.4, 0.5) is 17.6 Å². The second kappa shape index (κ2) is 7.38. The molecule has 0 spiro atoms. The Hall–Kier alpha value is -1.66. The smallest absolute Gasteiger partial charge is 0.340 e. The predicted molar refractivity (Wildman–Crippen MR) is 68.9 cm³/mol. The molecule has 0 atom stereocenters. The Morgan fingerprint density at radius 3 is 2.05 bits per heavy atom. The molecule has 7 heteroatoms. The minimum atomic E-state index is -3.13. The van der Waals surface area contributed by atoms with E-state index in [1.807, 2.05) is 0 Å². The lowest BCUT2D eigenvalue weighted by Gasteiger charge is -2.19. The van der Waals surface area contributed by atoms with Crippen LogP contribution < -0.4 is 0 Å². The van der Waals surface area contributed by atoms with Crippen LogP contribution in [0.2, 0.25) is 0 Å². The average molecular weight is 307 g/mol. The van der Waals surface area contributed by atoms with E-state index in [2.05, 4.69) is 9.72 Å². The molecule has 0 unspecified atom stereocenters. The van der Waals surface area contributed by atoms with Gasteiger partial charge in [0.2, 0.25) is 0 Å². The van der Waals surface area contributed by atoms with Gasteiger partial charge in [0.15, 0.2) is 0 Å². The van der Waals surface area contributed by atoms with Crippen molar-refractivity contribution in [1.29, 1.82) is 0 Å². The van der Waals surface area contributed by atoms with Crippen LogP contribution in [0.25, 0.3) is 0 Å². The van der Waals surface area contributed by atoms with Crippen molar-refractivity contribution in [2.45, 2.75) is 46.0 Å². The molecule has 1 rings (SSSR count). The molecule has 0 bridgehead atoms. The largest absolute Gasteiger partial charge is 0.465 e. The third-order valence-corrected chi connectivity index (χ3v) is 3.13. The van der Waals surface area contributed by atoms with Gasteiger partial charge in [-0.2, -0.15) is 0 Å². The van der Waals surface area contributed by atoms with Gasteiger partial charge >= 0.3 is 5.97 Å². The van der Waals surface area contributed by atoms with Gasteiger partial charge in [0.05, 0.1) is 12.7 Å². The van der Waals surface area contributed by atoms with E-state index in [4.69, 9.17) is 0 Å². The van der Waals surface area contributed by atoms with E-state index in [1.54, 1.807) is 13.8 Å². The maximum atomic E-state index is 13.1. The summed E-state index contributed by atoms with van der Waals surface area (Å²) in [5.74, 6) is -0.975. The second-order valence-corrected chi connectivity index (χ2v) is 4.41. The first-order chi connectivity index (χ1) is 9.88. The monoisotopic (exact) mass is 307 g/mol. The van der Waals surface area contributed by atoms with Crippen LogP contribution in [-0.2, 0) is 17.6 Å². The van der Waals surface area contributed by atoms with E-state index in [0.29, 0.717) is 6.42 Å². The van der Waals surface area contributed by atoms with Crippen molar-refractivity contribution in [2.75, 3.05) is 7.11 Å². The van der Waals surface area contributed by atoms with Crippen molar-refractivity contribution >= 4 is 5.97 Å². The maximum Gasteiger partial charge on any atom is 0.340 e. The fourth-order valence-electron chi connectivity index (χ4n) is 2.30. The Labute approximate surface area is 120 Å². The van der Waals surface area contributed by atoms with Gasteiger partial charge in [-0.15, -0.1) is 0 Å². The third-order valence-electron chi connectivity index (χ3n) is 3.13. The molecule has 1 aromatic heterocycles. The topological polar surface area (TPSA) is 39.2 Å². The minimum absolute atomic E-state index is 0.150. The summed E-state index contributed by atoms with van der Waals surface area (Å²) in [6.45, 7) is 3.39. The molecule has 1 aromatic rings. The third kappa shape index (κ3) is 3.51. The number of carbonyl (C=O) groups is 1. The molecule has 3 nitrogen and oxygen atoms in total. The molecule has 0 aliphatic carbocycles. The molecule has 1 heterocycles. The first-order valence-corrected chi connectivity index (χ1v) is 6.59. The normalized spacial score (nSPS) is 11.3. The zero-order chi connectivity index (χ0) is 16.2. The van der Waals surface area contributed by atoms with Gasteiger partial charge in [-0.25, -0.2) is 27.3 Å². The van der Waals surface area contributed by atoms with Gasteiger partial charge in [0.25, 0.3) is 12.9 Å². The number of hydrogen-bond donors (Lipinski definition) is 0. The number of ether oxygens (including phenoxy) is 1. The number of esters is 1. The molecule has 0 N–H and O–H groups in total. The molecule has 0 aromatic carbocycles. The van der Waals surface area contributed by atoms with E-state index in [0.717, 1.165) is 7.11 Å². The first-order valence-electron chi connectivity index (χ1n) is 6.59. The van der Waals surface area contributed by atoms with E-state index in [-0.39, 0.29) is 29.5 Å². The molecule has 0 radical (unpaired) electrons. The number of nitrogens with zero attached hydrogens (tertiary/aromatic N) is 1. The van der Waals surface area contributed by atoms with Crippen LogP contribution in [0.3, 0.4) is 0 Å². The number of carbonyl (C=O) groups excluding carboxylic acids is 1. The second-order valence-electron chi connectivity index (χ2n) is 4.41. The zero-order valence-electron chi connectivity index (χ0n) is 12.1. The zero-order valence-corrected chi connectivity index (χ0v) is 12.1. The van der Waals surface area contributed by atoms with Gasteiger partial charge in [0, 0.05) is 0 Å². The van der Waals surface area contributed by atoms with Crippen molar-refractivity contribution in [1.82, 2.24) is 4.98 Å². The molecule has 0 saturated carbocycles. The van der Waals surface area contributed by atoms with Crippen LogP contribution in [-0.4, -0.2) is 18.1 Å². The number of methoxy groups -OCH3 is 1. The number of hydrogen-bond acceptors (Lipinski definition) is 3. The lowest BCUT2D eigenvalue weighted by atomic mass is 9.93. The van der Waals surface area contributed by atoms with E-state index >= 15 is 0 Å². The Morgan fingerprint density at radius 1 is 1.10 bits per heavy atom. The van der Waals surface area contributed by atoms with Crippen LogP contribution in [0, 0.1) is 0 Å². The van der Waals surface area contributed by atoms with E-state index in [1.165, 1.54) is 0 Å². The Bertz CT molecular complexity index is 518. The molecule has 21 heavy (non-hydrogen) atoms. The summed E-state index contributed by atoms with van der Waals surface area (Å²) in [6, 6.07) is 0. The van der Waals surface area contributed by atoms with Crippen LogP contribution in [0.5, 0.6) is 0 Å². The molecule has 118 valence electrons. The van der Waals surface area contributed by atoms with Gasteiger partial charge in [-0.05, 0) is 24.0 Å². The van der Waals surface area contributed by atoms with Gasteiger partial charge in [-0.3, -0.25) is 0 Å².